The van der Waals surface area contributed by atoms with Crippen LogP contribution in [0.4, 0.5) is 5.82 Å². The summed E-state index contributed by atoms with van der Waals surface area (Å²) < 4.78 is 1.75. The van der Waals surface area contributed by atoms with Gasteiger partial charge in [0.2, 0.25) is 0 Å². The third-order valence-corrected chi connectivity index (χ3v) is 2.25. The molecule has 5 nitrogen and oxygen atoms in total. The van der Waals surface area contributed by atoms with Crippen LogP contribution in [0.2, 0.25) is 0 Å². The highest BCUT2D eigenvalue weighted by atomic mass is 16.1. The normalized spacial score (nSPS) is 16.0. The Morgan fingerprint density at radius 1 is 1.69 bits per heavy atom. The van der Waals surface area contributed by atoms with Crippen molar-refractivity contribution in [2.45, 2.75) is 19.4 Å². The third-order valence-electron chi connectivity index (χ3n) is 2.25. The van der Waals surface area contributed by atoms with Gasteiger partial charge in [0.25, 0.3) is 5.91 Å². The first kappa shape index (κ1) is 8.10. The summed E-state index contributed by atoms with van der Waals surface area (Å²) in [4.78, 5) is 14.8. The number of aromatic nitrogens is 2. The molecule has 1 aromatic rings. The van der Waals surface area contributed by atoms with E-state index in [1.165, 1.54) is 12.8 Å². The molecule has 4 N–H and O–H groups in total. The summed E-state index contributed by atoms with van der Waals surface area (Å²) in [6, 6.07) is 0. The summed E-state index contributed by atoms with van der Waals surface area (Å²) in [5.74, 6) is 0.399. The number of nitrogens with two attached hydrogens (primary N) is 2. The zero-order valence-corrected chi connectivity index (χ0v) is 7.23. The Kier molecular flexibility index (Phi) is 1.72. The molecule has 0 bridgehead atoms. The Morgan fingerprint density at radius 2 is 2.38 bits per heavy atom. The first-order valence-electron chi connectivity index (χ1n) is 4.29. The van der Waals surface area contributed by atoms with E-state index in [1.807, 2.05) is 0 Å². The Balaban J connectivity index is 2.27. The molecule has 5 heteroatoms. The largest absolute Gasteiger partial charge is 0.382 e. The number of carbonyl (C=O) groups excluding carboxylic acids is 1. The Morgan fingerprint density at radius 3 is 2.92 bits per heavy atom. The van der Waals surface area contributed by atoms with Crippen molar-refractivity contribution < 1.29 is 4.79 Å². The molecule has 1 amide bonds. The maximum absolute atomic E-state index is 11.0. The smallest absolute Gasteiger partial charge is 0.269 e. The van der Waals surface area contributed by atoms with Gasteiger partial charge >= 0.3 is 0 Å². The van der Waals surface area contributed by atoms with E-state index in [9.17, 15) is 4.79 Å². The lowest BCUT2D eigenvalue weighted by Crippen LogP contribution is -2.18. The second-order valence-corrected chi connectivity index (χ2v) is 3.44. The summed E-state index contributed by atoms with van der Waals surface area (Å²) >= 11 is 0. The Bertz CT molecular complexity index is 340. The quantitative estimate of drug-likeness (QED) is 0.685. The van der Waals surface area contributed by atoms with Gasteiger partial charge in [-0.25, -0.2) is 4.98 Å². The summed E-state index contributed by atoms with van der Waals surface area (Å²) in [5, 5.41) is 0. The minimum Gasteiger partial charge on any atom is -0.382 e. The van der Waals surface area contributed by atoms with E-state index in [0.717, 1.165) is 6.54 Å². The Labute approximate surface area is 75.7 Å². The van der Waals surface area contributed by atoms with E-state index in [0.29, 0.717) is 11.6 Å². The number of anilines is 1. The zero-order valence-electron chi connectivity index (χ0n) is 7.23. The molecule has 0 spiro atoms. The second kappa shape index (κ2) is 2.76. The van der Waals surface area contributed by atoms with Gasteiger partial charge in [-0.15, -0.1) is 0 Å². The molecule has 13 heavy (non-hydrogen) atoms. The van der Waals surface area contributed by atoms with Crippen LogP contribution in [0, 0.1) is 5.92 Å². The highest BCUT2D eigenvalue weighted by molar-refractivity contribution is 5.95. The number of nitrogen functional groups attached to an aromatic ring is 1. The number of carbonyl (C=O) groups is 1. The van der Waals surface area contributed by atoms with Crippen molar-refractivity contribution in [1.82, 2.24) is 9.55 Å². The fourth-order valence-corrected chi connectivity index (χ4v) is 1.38. The second-order valence-electron chi connectivity index (χ2n) is 3.44. The number of primary amides is 1. The minimum absolute atomic E-state index is 0.230. The van der Waals surface area contributed by atoms with Crippen LogP contribution in [0.1, 0.15) is 23.3 Å². The van der Waals surface area contributed by atoms with Crippen LogP contribution < -0.4 is 11.5 Å². The molecule has 0 aliphatic heterocycles. The fourth-order valence-electron chi connectivity index (χ4n) is 1.38. The molecule has 1 aliphatic carbocycles. The van der Waals surface area contributed by atoms with E-state index in [1.54, 1.807) is 10.9 Å². The number of hydrogen-bond donors (Lipinski definition) is 2. The van der Waals surface area contributed by atoms with Gasteiger partial charge in [-0.05, 0) is 18.8 Å². The van der Waals surface area contributed by atoms with E-state index < -0.39 is 5.91 Å². The molecular weight excluding hydrogens is 168 g/mol. The highest BCUT2D eigenvalue weighted by Gasteiger charge is 2.24. The molecule has 1 fully saturated rings. The van der Waals surface area contributed by atoms with Crippen molar-refractivity contribution in [3.63, 3.8) is 0 Å². The van der Waals surface area contributed by atoms with Crippen LogP contribution in [-0.4, -0.2) is 15.5 Å². The molecular formula is C8H12N4O. The monoisotopic (exact) mass is 180 g/mol. The van der Waals surface area contributed by atoms with Crippen molar-refractivity contribution >= 4 is 11.7 Å². The Hall–Kier alpha value is -1.52. The first-order chi connectivity index (χ1) is 6.18. The third kappa shape index (κ3) is 1.49. The van der Waals surface area contributed by atoms with Crippen molar-refractivity contribution in [1.29, 1.82) is 0 Å². The molecule has 0 unspecified atom stereocenters. The molecule has 0 saturated heterocycles. The average molecular weight is 180 g/mol. The number of nitrogens with zero attached hydrogens (tertiary/aromatic N) is 2. The van der Waals surface area contributed by atoms with Crippen LogP contribution in [0.25, 0.3) is 0 Å². The van der Waals surface area contributed by atoms with Gasteiger partial charge in [0.1, 0.15) is 0 Å². The molecule has 1 aromatic heterocycles. The molecule has 0 atom stereocenters. The number of imidazole rings is 1. The van der Waals surface area contributed by atoms with Gasteiger partial charge in [-0.3, -0.25) is 4.79 Å². The van der Waals surface area contributed by atoms with E-state index in [-0.39, 0.29) is 5.82 Å². The van der Waals surface area contributed by atoms with Crippen LogP contribution in [-0.2, 0) is 6.54 Å². The minimum atomic E-state index is -0.504. The number of hydrogen-bond acceptors (Lipinski definition) is 3. The van der Waals surface area contributed by atoms with Gasteiger partial charge in [-0.1, -0.05) is 0 Å². The lowest BCUT2D eigenvalue weighted by Gasteiger charge is -2.03. The van der Waals surface area contributed by atoms with Crippen LogP contribution in [0.5, 0.6) is 0 Å². The van der Waals surface area contributed by atoms with Crippen molar-refractivity contribution in [3.05, 3.63) is 12.0 Å². The summed E-state index contributed by atoms with van der Waals surface area (Å²) in [6.45, 7) is 0.808. The highest BCUT2D eigenvalue weighted by Crippen LogP contribution is 2.31. The average Bonchev–Trinajstić information content (AvgIpc) is 2.76. The van der Waals surface area contributed by atoms with Crippen molar-refractivity contribution in [2.24, 2.45) is 11.7 Å². The predicted molar refractivity (Wildman–Crippen MR) is 47.9 cm³/mol. The van der Waals surface area contributed by atoms with Crippen LogP contribution in [0.3, 0.4) is 0 Å². The molecule has 1 saturated carbocycles. The van der Waals surface area contributed by atoms with Gasteiger partial charge in [0.15, 0.2) is 11.5 Å². The fraction of sp³-hybridized carbons (Fsp3) is 0.500. The van der Waals surface area contributed by atoms with Gasteiger partial charge in [-0.2, -0.15) is 0 Å². The lowest BCUT2D eigenvalue weighted by molar-refractivity contribution is 0.0992. The maximum Gasteiger partial charge on any atom is 0.269 e. The topological polar surface area (TPSA) is 86.9 Å². The van der Waals surface area contributed by atoms with Crippen LogP contribution >= 0.6 is 0 Å². The molecule has 0 aromatic carbocycles. The molecule has 1 aliphatic rings. The van der Waals surface area contributed by atoms with Gasteiger partial charge < -0.3 is 16.0 Å². The predicted octanol–water partition coefficient (Wildman–Crippen LogP) is -0.0258. The SMILES string of the molecule is NC(=O)c1c(N)ncn1CC1CC1. The molecule has 2 rings (SSSR count). The maximum atomic E-state index is 11.0. The number of rotatable bonds is 3. The summed E-state index contributed by atoms with van der Waals surface area (Å²) in [5.41, 5.74) is 11.0. The summed E-state index contributed by atoms with van der Waals surface area (Å²) in [6.07, 6.45) is 4.01. The first-order valence-corrected chi connectivity index (χ1v) is 4.29. The van der Waals surface area contributed by atoms with E-state index in [4.69, 9.17) is 11.5 Å². The van der Waals surface area contributed by atoms with Crippen molar-refractivity contribution in [2.75, 3.05) is 5.73 Å². The van der Waals surface area contributed by atoms with Crippen LogP contribution in [0.15, 0.2) is 6.33 Å². The standard InChI is InChI=1S/C8H12N4O/c9-7-6(8(10)13)12(4-11-7)3-5-1-2-5/h4-5H,1-3,9H2,(H2,10,13). The lowest BCUT2D eigenvalue weighted by atomic mass is 10.3. The van der Waals surface area contributed by atoms with Gasteiger partial charge in [0.05, 0.1) is 6.33 Å². The van der Waals surface area contributed by atoms with E-state index >= 15 is 0 Å². The molecule has 70 valence electrons. The van der Waals surface area contributed by atoms with E-state index in [2.05, 4.69) is 4.98 Å². The molecule has 1 heterocycles. The molecule has 0 radical (unpaired) electrons. The summed E-state index contributed by atoms with van der Waals surface area (Å²) in [7, 11) is 0. The number of amides is 1. The van der Waals surface area contributed by atoms with Gasteiger partial charge in [0, 0.05) is 6.54 Å². The van der Waals surface area contributed by atoms with Crippen molar-refractivity contribution in [3.8, 4) is 0 Å². The zero-order chi connectivity index (χ0) is 9.42.